The molecule has 42 heavy (non-hydrogen) atoms. The Morgan fingerprint density at radius 1 is 0.810 bits per heavy atom. The third-order valence-corrected chi connectivity index (χ3v) is 9.16. The third kappa shape index (κ3) is 6.98. The number of nitrogens with one attached hydrogen (secondary N) is 1. The Kier molecular flexibility index (Phi) is 9.72. The smallest absolute Gasteiger partial charge is 0.243 e. The van der Waals surface area contributed by atoms with E-state index in [1.54, 1.807) is 5.48 Å². The van der Waals surface area contributed by atoms with Gasteiger partial charge < -0.3 is 9.47 Å². The molecule has 0 bridgehead atoms. The fourth-order valence-corrected chi connectivity index (χ4v) is 6.85. The molecule has 2 aromatic carbocycles. The summed E-state index contributed by atoms with van der Waals surface area (Å²) in [7, 11) is 0. The van der Waals surface area contributed by atoms with Crippen LogP contribution in [0.4, 0.5) is 11.4 Å². The number of hydrogen-bond acceptors (Lipinski definition) is 8. The Labute approximate surface area is 248 Å². The summed E-state index contributed by atoms with van der Waals surface area (Å²) in [6.07, 6.45) is 8.38. The van der Waals surface area contributed by atoms with Crippen molar-refractivity contribution in [1.29, 1.82) is 0 Å². The predicted molar refractivity (Wildman–Crippen MR) is 163 cm³/mol. The number of carbonyl (C=O) groups excluding carboxylic acids is 1. The van der Waals surface area contributed by atoms with Gasteiger partial charge in [-0.3, -0.25) is 29.8 Å². The van der Waals surface area contributed by atoms with Crippen molar-refractivity contribution in [1.82, 2.24) is 15.3 Å². The van der Waals surface area contributed by atoms with Gasteiger partial charge in [-0.05, 0) is 53.1 Å². The zero-order chi connectivity index (χ0) is 28.7. The molecular weight excluding hydrogens is 530 g/mol. The van der Waals surface area contributed by atoms with E-state index in [0.29, 0.717) is 12.3 Å². The first kappa shape index (κ1) is 29.1. The van der Waals surface area contributed by atoms with Crippen molar-refractivity contribution in [2.24, 2.45) is 15.9 Å². The van der Waals surface area contributed by atoms with Crippen LogP contribution in [0.5, 0.6) is 0 Å². The van der Waals surface area contributed by atoms with Gasteiger partial charge >= 0.3 is 0 Å². The maximum absolute atomic E-state index is 11.5. The summed E-state index contributed by atoms with van der Waals surface area (Å²) in [5.41, 5.74) is 9.19. The van der Waals surface area contributed by atoms with E-state index in [9.17, 15) is 4.79 Å². The summed E-state index contributed by atoms with van der Waals surface area (Å²) in [4.78, 5) is 26.2. The second kappa shape index (κ2) is 14.0. The molecule has 9 nitrogen and oxygen atoms in total. The number of hydrogen-bond donors (Lipinski definition) is 2. The Morgan fingerprint density at radius 3 is 1.83 bits per heavy atom. The summed E-state index contributed by atoms with van der Waals surface area (Å²) in [5, 5.41) is 8.86. The van der Waals surface area contributed by atoms with E-state index >= 15 is 0 Å². The number of carbonyl (C=O) groups is 1. The zero-order valence-electron chi connectivity index (χ0n) is 24.4. The van der Waals surface area contributed by atoms with Crippen LogP contribution in [0.1, 0.15) is 66.2 Å². The minimum absolute atomic E-state index is 0.204. The Morgan fingerprint density at radius 2 is 1.33 bits per heavy atom. The molecule has 6 rings (SSSR count). The molecule has 0 aromatic heterocycles. The molecule has 4 aliphatic heterocycles. The first-order valence-corrected chi connectivity index (χ1v) is 15.5. The normalized spacial score (nSPS) is 22.7. The maximum Gasteiger partial charge on any atom is 0.243 e. The van der Waals surface area contributed by atoms with Gasteiger partial charge in [0, 0.05) is 70.0 Å². The molecule has 4 aliphatic rings. The molecule has 0 aliphatic carbocycles. The molecule has 2 fully saturated rings. The van der Waals surface area contributed by atoms with Crippen molar-refractivity contribution >= 4 is 29.7 Å². The first-order chi connectivity index (χ1) is 20.7. The summed E-state index contributed by atoms with van der Waals surface area (Å²) in [5.74, 6) is 0.399. The molecular formula is C33H43N5O4. The minimum atomic E-state index is -0.319. The number of aliphatic imine (C=N–C) groups is 2. The molecule has 9 heteroatoms. The average Bonchev–Trinajstić information content (AvgIpc) is 3.64. The fourth-order valence-electron chi connectivity index (χ4n) is 6.85. The summed E-state index contributed by atoms with van der Waals surface area (Å²) in [6, 6.07) is 13.6. The van der Waals surface area contributed by atoms with Gasteiger partial charge in [0.05, 0.1) is 37.8 Å². The van der Waals surface area contributed by atoms with E-state index < -0.39 is 0 Å². The average molecular weight is 574 g/mol. The number of unbranched alkanes of at least 4 members (excludes halogenated alkanes) is 2. The van der Waals surface area contributed by atoms with Crippen LogP contribution in [0.3, 0.4) is 0 Å². The van der Waals surface area contributed by atoms with Crippen molar-refractivity contribution in [3.05, 3.63) is 58.7 Å². The van der Waals surface area contributed by atoms with Crippen molar-refractivity contribution in [2.75, 3.05) is 52.6 Å². The third-order valence-electron chi connectivity index (χ3n) is 9.16. The van der Waals surface area contributed by atoms with Crippen LogP contribution >= 0.6 is 0 Å². The number of amides is 1. The highest BCUT2D eigenvalue weighted by Crippen LogP contribution is 2.48. The topological polar surface area (TPSA) is 99.0 Å². The molecule has 2 atom stereocenters. The lowest BCUT2D eigenvalue weighted by atomic mass is 9.73. The van der Waals surface area contributed by atoms with E-state index in [0.717, 1.165) is 103 Å². The van der Waals surface area contributed by atoms with E-state index in [-0.39, 0.29) is 17.7 Å². The van der Waals surface area contributed by atoms with Crippen LogP contribution in [-0.2, 0) is 27.4 Å². The summed E-state index contributed by atoms with van der Waals surface area (Å²) in [6.45, 7) is 8.93. The number of nitrogens with zero attached hydrogens (tertiary/aromatic N) is 4. The van der Waals surface area contributed by atoms with Gasteiger partial charge in [-0.25, -0.2) is 5.48 Å². The first-order valence-electron chi connectivity index (χ1n) is 15.5. The SMILES string of the molecule is O=C(CCCCCC(C1C=Nc2ccc(CN3CCOCC3)cc21)C1C=Nc2ccc(CN3CCOCC3)cc21)NO. The highest BCUT2D eigenvalue weighted by Gasteiger charge is 2.36. The van der Waals surface area contributed by atoms with E-state index in [1.807, 2.05) is 0 Å². The second-order valence-corrected chi connectivity index (χ2v) is 12.0. The molecule has 0 radical (unpaired) electrons. The predicted octanol–water partition coefficient (Wildman–Crippen LogP) is 4.72. The fraction of sp³-hybridized carbons (Fsp3) is 0.545. The van der Waals surface area contributed by atoms with Gasteiger partial charge in [0.25, 0.3) is 0 Å². The Balaban J connectivity index is 1.22. The van der Waals surface area contributed by atoms with Crippen LogP contribution in [0.2, 0.25) is 0 Å². The van der Waals surface area contributed by atoms with Gasteiger partial charge in [-0.1, -0.05) is 37.1 Å². The highest BCUT2D eigenvalue weighted by molar-refractivity contribution is 5.85. The molecule has 2 unspecified atom stereocenters. The van der Waals surface area contributed by atoms with E-state index in [2.05, 4.69) is 58.6 Å². The van der Waals surface area contributed by atoms with E-state index in [4.69, 9.17) is 24.7 Å². The number of hydroxylamine groups is 1. The molecule has 224 valence electrons. The largest absolute Gasteiger partial charge is 0.379 e. The Bertz CT molecular complexity index is 1200. The highest BCUT2D eigenvalue weighted by atomic mass is 16.5. The number of benzene rings is 2. The summed E-state index contributed by atoms with van der Waals surface area (Å²) < 4.78 is 11.1. The Hall–Kier alpha value is -2.95. The van der Waals surface area contributed by atoms with Crippen LogP contribution in [0.15, 0.2) is 46.4 Å². The van der Waals surface area contributed by atoms with Crippen molar-refractivity contribution in [2.45, 2.75) is 57.0 Å². The van der Waals surface area contributed by atoms with Crippen molar-refractivity contribution in [3.8, 4) is 0 Å². The number of rotatable bonds is 12. The van der Waals surface area contributed by atoms with Crippen LogP contribution in [-0.4, -0.2) is 86.0 Å². The molecule has 4 heterocycles. The molecule has 0 spiro atoms. The lowest BCUT2D eigenvalue weighted by Crippen LogP contribution is -2.35. The van der Waals surface area contributed by atoms with Crippen LogP contribution < -0.4 is 5.48 Å². The second-order valence-electron chi connectivity index (χ2n) is 12.0. The van der Waals surface area contributed by atoms with Crippen LogP contribution in [0, 0.1) is 5.92 Å². The standard InChI is InChI=1S/C33H43N5O4/c39-33(36-40)5-3-1-2-4-26(29-20-34-31-8-6-24(18-27(29)31)22-37-10-14-41-15-11-37)30-21-35-32-9-7-25(19-28(30)32)23-38-12-16-42-17-13-38/h6-9,18-21,26,29-30,40H,1-5,10-17,22-23H2,(H,36,39). The summed E-state index contributed by atoms with van der Waals surface area (Å²) >= 11 is 0. The molecule has 2 N–H and O–H groups in total. The molecule has 2 aromatic rings. The maximum atomic E-state index is 11.5. The molecule has 2 saturated heterocycles. The zero-order valence-corrected chi connectivity index (χ0v) is 24.4. The number of fused-ring (bicyclic) bond motifs is 2. The van der Waals surface area contributed by atoms with Gasteiger partial charge in [0.15, 0.2) is 0 Å². The minimum Gasteiger partial charge on any atom is -0.379 e. The van der Waals surface area contributed by atoms with Gasteiger partial charge in [0.2, 0.25) is 5.91 Å². The van der Waals surface area contributed by atoms with E-state index in [1.165, 1.54) is 22.3 Å². The number of ether oxygens (including phenoxy) is 2. The lowest BCUT2D eigenvalue weighted by molar-refractivity contribution is -0.129. The molecule has 1 amide bonds. The van der Waals surface area contributed by atoms with Gasteiger partial charge in [0.1, 0.15) is 0 Å². The quantitative estimate of drug-likeness (QED) is 0.217. The van der Waals surface area contributed by atoms with Crippen molar-refractivity contribution in [3.63, 3.8) is 0 Å². The van der Waals surface area contributed by atoms with Gasteiger partial charge in [-0.2, -0.15) is 0 Å². The lowest BCUT2D eigenvalue weighted by Gasteiger charge is -2.30. The van der Waals surface area contributed by atoms with Gasteiger partial charge in [-0.15, -0.1) is 0 Å². The number of morpholine rings is 2. The molecule has 0 saturated carbocycles. The van der Waals surface area contributed by atoms with Crippen LogP contribution in [0.25, 0.3) is 0 Å². The monoisotopic (exact) mass is 573 g/mol. The van der Waals surface area contributed by atoms with Crippen molar-refractivity contribution < 1.29 is 19.5 Å².